The number of hydrogen-bond donors (Lipinski definition) is 0. The van der Waals surface area contributed by atoms with E-state index < -0.39 is 17.2 Å². The van der Waals surface area contributed by atoms with Crippen LogP contribution >= 0.6 is 0 Å². The molecule has 0 atom stereocenters. The van der Waals surface area contributed by atoms with Crippen molar-refractivity contribution in [3.05, 3.63) is 34.9 Å². The summed E-state index contributed by atoms with van der Waals surface area (Å²) in [6, 6.07) is 4.29. The van der Waals surface area contributed by atoms with Gasteiger partial charge in [-0.1, -0.05) is 77.6 Å². The first-order valence-corrected chi connectivity index (χ1v) is 13.5. The minimum Gasteiger partial charge on any atom is -0.205 e. The maximum Gasteiger partial charge on any atom is 0.144 e. The third-order valence-electron chi connectivity index (χ3n) is 8.47. The second-order valence-corrected chi connectivity index (χ2v) is 10.7. The summed E-state index contributed by atoms with van der Waals surface area (Å²) in [5.41, 5.74) is 0.223. The van der Waals surface area contributed by atoms with Crippen molar-refractivity contribution in [1.82, 2.24) is 0 Å². The van der Waals surface area contributed by atoms with Crippen molar-refractivity contribution in [3.63, 3.8) is 0 Å². The minimum absolute atomic E-state index is 0.462. The van der Waals surface area contributed by atoms with Crippen LogP contribution in [0.5, 0.6) is 0 Å². The molecular formula is C29H43F2N. The molecule has 2 fully saturated rings. The van der Waals surface area contributed by atoms with E-state index in [1.54, 1.807) is 6.07 Å². The van der Waals surface area contributed by atoms with Crippen molar-refractivity contribution < 1.29 is 8.78 Å². The van der Waals surface area contributed by atoms with Crippen molar-refractivity contribution in [2.75, 3.05) is 0 Å². The Morgan fingerprint density at radius 2 is 1.25 bits per heavy atom. The average molecular weight is 444 g/mol. The Morgan fingerprint density at radius 1 is 0.750 bits per heavy atom. The van der Waals surface area contributed by atoms with Crippen LogP contribution in [-0.4, -0.2) is 0 Å². The molecule has 3 rings (SSSR count). The van der Waals surface area contributed by atoms with Crippen LogP contribution in [0.1, 0.15) is 121 Å². The van der Waals surface area contributed by atoms with E-state index in [2.05, 4.69) is 6.92 Å². The normalized spacial score (nSPS) is 26.1. The van der Waals surface area contributed by atoms with Crippen LogP contribution in [0.3, 0.4) is 0 Å². The first-order chi connectivity index (χ1) is 15.6. The SMILES string of the molecule is CCCCCCCC[C@H]1CC[C@H]([C@H]2CC[C@H](CCc3cc(F)c(C#N)c(F)c3)CC2)CC1. The molecule has 0 heterocycles. The van der Waals surface area contributed by atoms with Gasteiger partial charge >= 0.3 is 0 Å². The van der Waals surface area contributed by atoms with Crippen LogP contribution < -0.4 is 0 Å². The fourth-order valence-electron chi connectivity index (χ4n) is 6.36. The molecule has 0 unspecified atom stereocenters. The Balaban J connectivity index is 1.30. The third-order valence-corrected chi connectivity index (χ3v) is 8.47. The van der Waals surface area contributed by atoms with Crippen LogP contribution in [-0.2, 0) is 6.42 Å². The smallest absolute Gasteiger partial charge is 0.144 e. The highest BCUT2D eigenvalue weighted by molar-refractivity contribution is 5.35. The molecule has 2 aliphatic rings. The number of halogens is 2. The molecular weight excluding hydrogens is 400 g/mol. The molecule has 0 aliphatic heterocycles. The molecule has 0 bridgehead atoms. The Hall–Kier alpha value is -1.43. The van der Waals surface area contributed by atoms with Gasteiger partial charge in [-0.05, 0) is 79.9 Å². The molecule has 0 N–H and O–H groups in total. The van der Waals surface area contributed by atoms with Crippen LogP contribution in [0.2, 0.25) is 0 Å². The topological polar surface area (TPSA) is 23.8 Å². The molecule has 0 radical (unpaired) electrons. The van der Waals surface area contributed by atoms with Gasteiger partial charge in [-0.15, -0.1) is 0 Å². The molecule has 0 spiro atoms. The second kappa shape index (κ2) is 13.3. The van der Waals surface area contributed by atoms with Crippen molar-refractivity contribution in [1.29, 1.82) is 5.26 Å². The summed E-state index contributed by atoms with van der Waals surface area (Å²) in [4.78, 5) is 0. The van der Waals surface area contributed by atoms with Gasteiger partial charge in [-0.2, -0.15) is 5.26 Å². The van der Waals surface area contributed by atoms with Gasteiger partial charge in [-0.3, -0.25) is 0 Å². The first kappa shape index (κ1) is 25.2. The van der Waals surface area contributed by atoms with E-state index >= 15 is 0 Å². The zero-order chi connectivity index (χ0) is 22.8. The second-order valence-electron chi connectivity index (χ2n) is 10.7. The highest BCUT2D eigenvalue weighted by Crippen LogP contribution is 2.43. The van der Waals surface area contributed by atoms with Crippen LogP contribution in [0.4, 0.5) is 8.78 Å². The maximum atomic E-state index is 13.8. The summed E-state index contributed by atoms with van der Waals surface area (Å²) in [6.45, 7) is 2.28. The summed E-state index contributed by atoms with van der Waals surface area (Å²) >= 11 is 0. The largest absolute Gasteiger partial charge is 0.205 e. The van der Waals surface area contributed by atoms with Gasteiger partial charge in [0.15, 0.2) is 0 Å². The van der Waals surface area contributed by atoms with Crippen molar-refractivity contribution in [3.8, 4) is 6.07 Å². The van der Waals surface area contributed by atoms with E-state index in [1.807, 2.05) is 0 Å². The van der Waals surface area contributed by atoms with E-state index in [0.717, 1.165) is 24.2 Å². The Labute approximate surface area is 195 Å². The van der Waals surface area contributed by atoms with E-state index in [1.165, 1.54) is 108 Å². The molecule has 1 aromatic rings. The lowest BCUT2D eigenvalue weighted by Crippen LogP contribution is -2.26. The summed E-state index contributed by atoms with van der Waals surface area (Å²) in [5.74, 6) is 2.07. The zero-order valence-electron chi connectivity index (χ0n) is 20.2. The molecule has 3 heteroatoms. The van der Waals surface area contributed by atoms with Crippen molar-refractivity contribution >= 4 is 0 Å². The van der Waals surface area contributed by atoms with E-state index in [9.17, 15) is 8.78 Å². The van der Waals surface area contributed by atoms with Gasteiger partial charge in [-0.25, -0.2) is 8.78 Å². The molecule has 0 saturated heterocycles. The zero-order valence-corrected chi connectivity index (χ0v) is 20.2. The van der Waals surface area contributed by atoms with Gasteiger partial charge in [0.1, 0.15) is 23.3 Å². The fourth-order valence-corrected chi connectivity index (χ4v) is 6.36. The van der Waals surface area contributed by atoms with Gasteiger partial charge in [0, 0.05) is 0 Å². The minimum atomic E-state index is -0.724. The Morgan fingerprint density at radius 3 is 1.78 bits per heavy atom. The lowest BCUT2D eigenvalue weighted by molar-refractivity contribution is 0.140. The maximum absolute atomic E-state index is 13.8. The Bertz CT molecular complexity index is 698. The van der Waals surface area contributed by atoms with Crippen LogP contribution in [0.15, 0.2) is 12.1 Å². The molecule has 1 nitrogen and oxygen atoms in total. The average Bonchev–Trinajstić information content (AvgIpc) is 2.81. The lowest BCUT2D eigenvalue weighted by Gasteiger charge is -2.38. The highest BCUT2D eigenvalue weighted by Gasteiger charge is 2.30. The predicted octanol–water partition coefficient (Wildman–Crippen LogP) is 9.13. The van der Waals surface area contributed by atoms with Gasteiger partial charge in [0.05, 0.1) is 0 Å². The number of nitriles is 1. The van der Waals surface area contributed by atoms with E-state index in [-0.39, 0.29) is 0 Å². The summed E-state index contributed by atoms with van der Waals surface area (Å²) in [5, 5.41) is 8.81. The van der Waals surface area contributed by atoms with E-state index in [0.29, 0.717) is 17.9 Å². The molecule has 2 aliphatic carbocycles. The highest BCUT2D eigenvalue weighted by atomic mass is 19.1. The number of hydrogen-bond acceptors (Lipinski definition) is 1. The third kappa shape index (κ3) is 7.57. The van der Waals surface area contributed by atoms with E-state index in [4.69, 9.17) is 5.26 Å². The molecule has 178 valence electrons. The number of rotatable bonds is 11. The fraction of sp³-hybridized carbons (Fsp3) is 0.759. The first-order valence-electron chi connectivity index (χ1n) is 13.5. The Kier molecular flexibility index (Phi) is 10.5. The predicted molar refractivity (Wildman–Crippen MR) is 128 cm³/mol. The molecule has 32 heavy (non-hydrogen) atoms. The summed E-state index contributed by atoms with van der Waals surface area (Å²) < 4.78 is 27.7. The van der Waals surface area contributed by atoms with Crippen LogP contribution in [0, 0.1) is 46.6 Å². The molecule has 2 saturated carbocycles. The lowest BCUT2D eigenvalue weighted by atomic mass is 9.68. The van der Waals surface area contributed by atoms with Crippen LogP contribution in [0.25, 0.3) is 0 Å². The number of unbranched alkanes of at least 4 members (excludes halogenated alkanes) is 5. The van der Waals surface area contributed by atoms with Gasteiger partial charge in [0.25, 0.3) is 0 Å². The molecule has 0 amide bonds. The van der Waals surface area contributed by atoms with Gasteiger partial charge in [0.2, 0.25) is 0 Å². The summed E-state index contributed by atoms with van der Waals surface area (Å²) in [7, 11) is 0. The molecule has 0 aromatic heterocycles. The summed E-state index contributed by atoms with van der Waals surface area (Å²) in [6.07, 6.45) is 22.7. The quantitative estimate of drug-likeness (QED) is 0.313. The van der Waals surface area contributed by atoms with Gasteiger partial charge < -0.3 is 0 Å². The number of benzene rings is 1. The number of nitrogens with zero attached hydrogens (tertiary/aromatic N) is 1. The monoisotopic (exact) mass is 443 g/mol. The standard InChI is InChI=1S/C29H43F2N/c1-2-3-4-5-6-7-8-22-11-15-25(16-12-22)26-17-13-23(14-18-26)9-10-24-19-28(30)27(21-32)29(31)20-24/h19-20,22-23,25-26H,2-18H2,1H3/t22-,23-,25-,26-. The van der Waals surface area contributed by atoms with Crippen molar-refractivity contribution in [2.24, 2.45) is 23.7 Å². The van der Waals surface area contributed by atoms with Crippen molar-refractivity contribution in [2.45, 2.75) is 116 Å². The molecule has 1 aromatic carbocycles. The number of aryl methyl sites for hydroxylation is 1.